The van der Waals surface area contributed by atoms with Crippen LogP contribution in [0.5, 0.6) is 0 Å². The molecule has 0 fully saturated rings. The Balaban J connectivity index is 0.00000312. The number of aliphatic carboxylic acids is 1. The van der Waals surface area contributed by atoms with Gasteiger partial charge in [0.25, 0.3) is 0 Å². The number of fused-ring (bicyclic) bond motifs is 1. The van der Waals surface area contributed by atoms with Crippen molar-refractivity contribution in [1.82, 2.24) is 0 Å². The number of carbonyl (C=O) groups is 1. The van der Waals surface area contributed by atoms with Gasteiger partial charge < -0.3 is 30.3 Å². The molecule has 0 unspecified atom stereocenters. The van der Waals surface area contributed by atoms with Gasteiger partial charge in [-0.25, -0.2) is 0 Å². The zero-order valence-electron chi connectivity index (χ0n) is 14.9. The second-order valence-corrected chi connectivity index (χ2v) is 7.14. The molecule has 0 radical (unpaired) electrons. The summed E-state index contributed by atoms with van der Waals surface area (Å²) in [6.07, 6.45) is 3.55. The Morgan fingerprint density at radius 1 is 1.32 bits per heavy atom. The number of allylic oxidation sites excluding steroid dienone is 2. The smallest absolute Gasteiger partial charge is 0.550 e. The molecule has 2 aliphatic carbocycles. The molecule has 136 valence electrons. The van der Waals surface area contributed by atoms with Crippen molar-refractivity contribution in [3.63, 3.8) is 0 Å². The molecule has 4 N–H and O–H groups in total. The molecule has 0 spiro atoms. The van der Waals surface area contributed by atoms with E-state index in [1.807, 2.05) is 6.08 Å². The second-order valence-electron chi connectivity index (χ2n) is 7.14. The Morgan fingerprint density at radius 2 is 2.00 bits per heavy atom. The van der Waals surface area contributed by atoms with Crippen LogP contribution in [0.3, 0.4) is 0 Å². The third-order valence-corrected chi connectivity index (χ3v) is 5.18. The molecular weight excluding hydrogens is 335 g/mol. The Bertz CT molecular complexity index is 506. The van der Waals surface area contributed by atoms with Crippen molar-refractivity contribution in [1.29, 1.82) is 0 Å². The van der Waals surface area contributed by atoms with E-state index >= 15 is 0 Å². The van der Waals surface area contributed by atoms with Gasteiger partial charge in [0.05, 0.1) is 24.4 Å². The molecule has 2 aliphatic rings. The average Bonchev–Trinajstić information content (AvgIpc) is 2.45. The Morgan fingerprint density at radius 3 is 2.64 bits per heavy atom. The molecule has 0 heterocycles. The second kappa shape index (κ2) is 10.2. The van der Waals surface area contributed by atoms with Crippen LogP contribution >= 0.6 is 0 Å². The van der Waals surface area contributed by atoms with Gasteiger partial charge in [0.2, 0.25) is 0 Å². The Kier molecular flexibility index (Phi) is 9.32. The number of hydrogen-bond acceptors (Lipinski definition) is 6. The summed E-state index contributed by atoms with van der Waals surface area (Å²) in [4.78, 5) is 10.4. The standard InChI is InChI=1S/C18H28O6.Na/c1-10-2-3-11-6-13(20)8-16(22)18(11)15(10)5-4-12(19)7-14(21)9-17(23)24;/h2-3,6,10,12-16,18-22H,4-5,7-9H2,1H3,(H,23,24);/q;+1/p-1/t10-,12+,13+,14+,15-,16-,18-;/m0./s1. The molecule has 7 atom stereocenters. The van der Waals surface area contributed by atoms with Gasteiger partial charge in [-0.1, -0.05) is 25.2 Å². The molecular formula is C18H27NaO6. The topological polar surface area (TPSA) is 121 Å². The van der Waals surface area contributed by atoms with Crippen molar-refractivity contribution in [3.8, 4) is 0 Å². The molecule has 0 saturated carbocycles. The Hall–Kier alpha value is -0.210. The summed E-state index contributed by atoms with van der Waals surface area (Å²) >= 11 is 0. The van der Waals surface area contributed by atoms with E-state index in [-0.39, 0.29) is 53.7 Å². The molecule has 0 aromatic rings. The molecule has 0 amide bonds. The zero-order valence-corrected chi connectivity index (χ0v) is 16.9. The van der Waals surface area contributed by atoms with Gasteiger partial charge in [0.1, 0.15) is 0 Å². The minimum Gasteiger partial charge on any atom is -0.550 e. The predicted octanol–water partition coefficient (Wildman–Crippen LogP) is -3.49. The van der Waals surface area contributed by atoms with Crippen LogP contribution in [0.25, 0.3) is 0 Å². The maximum atomic E-state index is 10.4. The predicted molar refractivity (Wildman–Crippen MR) is 85.5 cm³/mol. The van der Waals surface area contributed by atoms with E-state index < -0.39 is 36.8 Å². The number of rotatable bonds is 7. The first-order valence-electron chi connectivity index (χ1n) is 8.60. The third kappa shape index (κ3) is 6.47. The van der Waals surface area contributed by atoms with Gasteiger partial charge in [-0.3, -0.25) is 0 Å². The van der Waals surface area contributed by atoms with Crippen molar-refractivity contribution >= 4 is 5.97 Å². The van der Waals surface area contributed by atoms with E-state index in [0.717, 1.165) is 5.57 Å². The fourth-order valence-corrected chi connectivity index (χ4v) is 3.98. The summed E-state index contributed by atoms with van der Waals surface area (Å²) in [6.45, 7) is 2.06. The number of aliphatic hydroxyl groups excluding tert-OH is 4. The molecule has 0 saturated heterocycles. The van der Waals surface area contributed by atoms with Gasteiger partial charge in [-0.2, -0.15) is 0 Å². The number of aliphatic hydroxyl groups is 4. The summed E-state index contributed by atoms with van der Waals surface area (Å²) in [6, 6.07) is 0. The van der Waals surface area contributed by atoms with Crippen LogP contribution in [0.1, 0.15) is 39.0 Å². The van der Waals surface area contributed by atoms with Gasteiger partial charge >= 0.3 is 29.6 Å². The SMILES string of the molecule is C[C@H]1C=CC2=C[C@@H](O)C[C@H](O)[C@@H]2[C@H]1CC[C@@H](O)C[C@@H](O)CC(=O)[O-].[Na+]. The van der Waals surface area contributed by atoms with Gasteiger partial charge in [-0.15, -0.1) is 0 Å². The minimum absolute atomic E-state index is 0. The molecule has 6 nitrogen and oxygen atoms in total. The first kappa shape index (κ1) is 22.8. The van der Waals surface area contributed by atoms with Crippen LogP contribution in [-0.2, 0) is 4.79 Å². The van der Waals surface area contributed by atoms with E-state index in [0.29, 0.717) is 19.3 Å². The van der Waals surface area contributed by atoms with Crippen molar-refractivity contribution in [2.24, 2.45) is 17.8 Å². The van der Waals surface area contributed by atoms with Crippen molar-refractivity contribution < 1.29 is 59.9 Å². The molecule has 0 aromatic heterocycles. The molecule has 25 heavy (non-hydrogen) atoms. The normalized spacial score (nSPS) is 33.6. The van der Waals surface area contributed by atoms with Crippen molar-refractivity contribution in [2.45, 2.75) is 63.4 Å². The number of carboxylic acid groups (broad SMARTS) is 1. The van der Waals surface area contributed by atoms with Crippen LogP contribution in [0.2, 0.25) is 0 Å². The summed E-state index contributed by atoms with van der Waals surface area (Å²) in [5.74, 6) is -1.03. The van der Waals surface area contributed by atoms with Gasteiger partial charge in [-0.05, 0) is 36.7 Å². The molecule has 2 rings (SSSR count). The van der Waals surface area contributed by atoms with Crippen LogP contribution in [0.15, 0.2) is 23.8 Å². The van der Waals surface area contributed by atoms with E-state index in [2.05, 4.69) is 13.0 Å². The first-order valence-corrected chi connectivity index (χ1v) is 8.60. The molecule has 7 heteroatoms. The van der Waals surface area contributed by atoms with E-state index in [1.54, 1.807) is 6.08 Å². The van der Waals surface area contributed by atoms with E-state index in [1.165, 1.54) is 0 Å². The van der Waals surface area contributed by atoms with E-state index in [4.69, 9.17) is 0 Å². The summed E-state index contributed by atoms with van der Waals surface area (Å²) in [5.41, 5.74) is 0.941. The average molecular weight is 362 g/mol. The van der Waals surface area contributed by atoms with Crippen molar-refractivity contribution in [2.75, 3.05) is 0 Å². The fourth-order valence-electron chi connectivity index (χ4n) is 3.98. The summed E-state index contributed by atoms with van der Waals surface area (Å²) < 4.78 is 0. The largest absolute Gasteiger partial charge is 1.00 e. The fraction of sp³-hybridized carbons (Fsp3) is 0.722. The van der Waals surface area contributed by atoms with E-state index in [9.17, 15) is 30.3 Å². The van der Waals surface area contributed by atoms with Gasteiger partial charge in [0, 0.05) is 24.7 Å². The van der Waals surface area contributed by atoms with Crippen LogP contribution in [-0.4, -0.2) is 50.8 Å². The number of hydrogen-bond donors (Lipinski definition) is 4. The molecule has 0 aromatic carbocycles. The van der Waals surface area contributed by atoms with Crippen LogP contribution in [0.4, 0.5) is 0 Å². The third-order valence-electron chi connectivity index (χ3n) is 5.18. The van der Waals surface area contributed by atoms with Crippen molar-refractivity contribution in [3.05, 3.63) is 23.8 Å². The quantitative estimate of drug-likeness (QED) is 0.349. The van der Waals surface area contributed by atoms with Crippen LogP contribution in [0, 0.1) is 17.8 Å². The summed E-state index contributed by atoms with van der Waals surface area (Å²) in [5, 5.41) is 50.2. The minimum atomic E-state index is -1.33. The maximum Gasteiger partial charge on any atom is 1.00 e. The maximum absolute atomic E-state index is 10.4. The Labute approximate surface area is 170 Å². The zero-order chi connectivity index (χ0) is 17.9. The number of carbonyl (C=O) groups excluding carboxylic acids is 1. The molecule has 0 bridgehead atoms. The van der Waals surface area contributed by atoms with Gasteiger partial charge in [0.15, 0.2) is 0 Å². The number of carboxylic acids is 1. The monoisotopic (exact) mass is 362 g/mol. The molecule has 0 aliphatic heterocycles. The first-order chi connectivity index (χ1) is 11.3. The summed E-state index contributed by atoms with van der Waals surface area (Å²) in [7, 11) is 0. The van der Waals surface area contributed by atoms with Crippen LogP contribution < -0.4 is 34.7 Å².